The summed E-state index contributed by atoms with van der Waals surface area (Å²) < 4.78 is 39.4. The van der Waals surface area contributed by atoms with Crippen LogP contribution in [0.25, 0.3) is 10.9 Å². The number of anilines is 3. The Balaban J connectivity index is 2.08. The number of nitrogens with one attached hydrogen (secondary N) is 2. The van der Waals surface area contributed by atoms with Crippen molar-refractivity contribution in [3.8, 4) is 0 Å². The molecule has 1 amide bonds. The fourth-order valence-corrected chi connectivity index (χ4v) is 2.48. The fraction of sp³-hybridized carbons (Fsp3) is 0.167. The molecule has 0 saturated heterocycles. The van der Waals surface area contributed by atoms with Crippen LogP contribution in [0.15, 0.2) is 42.5 Å². The van der Waals surface area contributed by atoms with Gasteiger partial charge in [0.05, 0.1) is 5.52 Å². The van der Waals surface area contributed by atoms with E-state index in [1.807, 2.05) is 6.92 Å². The standard InChI is InChI=1S/C18H15F3N4O/c1-10-6-7-15-14(8-10)16(25-17(24-15)18(19,20)21)23-13-5-3-4-12(9-13)22-11(2)26/h3-9H,1-2H3,(H,22,26)(H,23,24,25). The molecule has 1 aromatic heterocycles. The van der Waals surface area contributed by atoms with Gasteiger partial charge in [-0.15, -0.1) is 0 Å². The number of amides is 1. The minimum atomic E-state index is -4.66. The quantitative estimate of drug-likeness (QED) is 0.713. The van der Waals surface area contributed by atoms with E-state index in [1.165, 1.54) is 13.0 Å². The van der Waals surface area contributed by atoms with Crippen molar-refractivity contribution in [2.45, 2.75) is 20.0 Å². The van der Waals surface area contributed by atoms with Crippen molar-refractivity contribution in [1.82, 2.24) is 9.97 Å². The van der Waals surface area contributed by atoms with Crippen LogP contribution in [-0.2, 0) is 11.0 Å². The van der Waals surface area contributed by atoms with Crippen molar-refractivity contribution in [3.05, 3.63) is 53.9 Å². The molecular formula is C18H15F3N4O. The van der Waals surface area contributed by atoms with Gasteiger partial charge in [-0.3, -0.25) is 4.79 Å². The lowest BCUT2D eigenvalue weighted by Crippen LogP contribution is -2.13. The van der Waals surface area contributed by atoms with Crippen LogP contribution in [0.5, 0.6) is 0 Å². The molecular weight excluding hydrogens is 345 g/mol. The average Bonchev–Trinajstić information content (AvgIpc) is 2.54. The summed E-state index contributed by atoms with van der Waals surface area (Å²) in [5.41, 5.74) is 2.08. The second-order valence-corrected chi connectivity index (χ2v) is 5.80. The highest BCUT2D eigenvalue weighted by molar-refractivity contribution is 5.92. The molecule has 0 atom stereocenters. The molecule has 26 heavy (non-hydrogen) atoms. The first-order valence-electron chi connectivity index (χ1n) is 7.72. The zero-order valence-corrected chi connectivity index (χ0v) is 14.0. The number of rotatable bonds is 3. The summed E-state index contributed by atoms with van der Waals surface area (Å²) in [6.07, 6.45) is -4.66. The molecule has 1 heterocycles. The van der Waals surface area contributed by atoms with E-state index in [2.05, 4.69) is 20.6 Å². The number of carbonyl (C=O) groups is 1. The summed E-state index contributed by atoms with van der Waals surface area (Å²) in [7, 11) is 0. The second kappa shape index (κ2) is 6.62. The summed E-state index contributed by atoms with van der Waals surface area (Å²) >= 11 is 0. The van der Waals surface area contributed by atoms with E-state index < -0.39 is 12.0 Å². The third-order valence-corrected chi connectivity index (χ3v) is 3.55. The van der Waals surface area contributed by atoms with Crippen LogP contribution in [0.4, 0.5) is 30.4 Å². The third-order valence-electron chi connectivity index (χ3n) is 3.55. The Labute approximate surface area is 147 Å². The van der Waals surface area contributed by atoms with Crippen molar-refractivity contribution >= 4 is 34.0 Å². The molecule has 0 spiro atoms. The minimum Gasteiger partial charge on any atom is -0.340 e. The van der Waals surface area contributed by atoms with Gasteiger partial charge in [0, 0.05) is 23.7 Å². The van der Waals surface area contributed by atoms with E-state index >= 15 is 0 Å². The summed E-state index contributed by atoms with van der Waals surface area (Å²) in [4.78, 5) is 18.5. The van der Waals surface area contributed by atoms with Gasteiger partial charge in [0.2, 0.25) is 11.7 Å². The largest absolute Gasteiger partial charge is 0.451 e. The normalized spacial score (nSPS) is 11.4. The van der Waals surface area contributed by atoms with Gasteiger partial charge >= 0.3 is 6.18 Å². The molecule has 0 aliphatic carbocycles. The van der Waals surface area contributed by atoms with E-state index in [0.29, 0.717) is 16.8 Å². The van der Waals surface area contributed by atoms with Crippen molar-refractivity contribution in [2.75, 3.05) is 10.6 Å². The Morgan fingerprint density at radius 3 is 2.46 bits per heavy atom. The molecule has 0 aliphatic rings. The number of hydrogen-bond acceptors (Lipinski definition) is 4. The van der Waals surface area contributed by atoms with Gasteiger partial charge in [0.1, 0.15) is 5.82 Å². The zero-order valence-electron chi connectivity index (χ0n) is 14.0. The number of aromatic nitrogens is 2. The molecule has 134 valence electrons. The van der Waals surface area contributed by atoms with Crippen LogP contribution in [0.3, 0.4) is 0 Å². The molecule has 3 aromatic rings. The molecule has 2 aromatic carbocycles. The maximum absolute atomic E-state index is 13.1. The number of hydrogen-bond donors (Lipinski definition) is 2. The van der Waals surface area contributed by atoms with E-state index in [4.69, 9.17) is 0 Å². The molecule has 0 unspecified atom stereocenters. The Hall–Kier alpha value is -3.16. The Bertz CT molecular complexity index is 986. The number of nitrogens with zero attached hydrogens (tertiary/aromatic N) is 2. The van der Waals surface area contributed by atoms with Gasteiger partial charge in [-0.05, 0) is 37.3 Å². The predicted molar refractivity (Wildman–Crippen MR) is 93.3 cm³/mol. The second-order valence-electron chi connectivity index (χ2n) is 5.80. The lowest BCUT2D eigenvalue weighted by Gasteiger charge is -2.13. The molecule has 5 nitrogen and oxygen atoms in total. The average molecular weight is 360 g/mol. The Morgan fingerprint density at radius 2 is 1.77 bits per heavy atom. The van der Waals surface area contributed by atoms with Crippen LogP contribution in [0.2, 0.25) is 0 Å². The Morgan fingerprint density at radius 1 is 1.04 bits per heavy atom. The highest BCUT2D eigenvalue weighted by Crippen LogP contribution is 2.32. The van der Waals surface area contributed by atoms with E-state index in [-0.39, 0.29) is 17.2 Å². The number of alkyl halides is 3. The van der Waals surface area contributed by atoms with Gasteiger partial charge in [-0.2, -0.15) is 13.2 Å². The lowest BCUT2D eigenvalue weighted by atomic mass is 10.1. The van der Waals surface area contributed by atoms with Gasteiger partial charge in [0.25, 0.3) is 0 Å². The molecule has 0 aliphatic heterocycles. The molecule has 3 rings (SSSR count). The summed E-state index contributed by atoms with van der Waals surface area (Å²) in [6, 6.07) is 11.6. The van der Waals surface area contributed by atoms with Crippen LogP contribution < -0.4 is 10.6 Å². The molecule has 8 heteroatoms. The highest BCUT2D eigenvalue weighted by atomic mass is 19.4. The molecule has 2 N–H and O–H groups in total. The fourth-order valence-electron chi connectivity index (χ4n) is 2.48. The minimum absolute atomic E-state index is 0.0472. The first-order chi connectivity index (χ1) is 12.2. The molecule has 0 bridgehead atoms. The van der Waals surface area contributed by atoms with Gasteiger partial charge < -0.3 is 10.6 Å². The van der Waals surface area contributed by atoms with Crippen molar-refractivity contribution in [2.24, 2.45) is 0 Å². The maximum atomic E-state index is 13.1. The first-order valence-corrected chi connectivity index (χ1v) is 7.72. The molecule has 0 saturated carbocycles. The van der Waals surface area contributed by atoms with Crippen LogP contribution in [0, 0.1) is 6.92 Å². The number of halogens is 3. The number of fused-ring (bicyclic) bond motifs is 1. The van der Waals surface area contributed by atoms with E-state index in [1.54, 1.807) is 36.4 Å². The van der Waals surface area contributed by atoms with Crippen LogP contribution in [0.1, 0.15) is 18.3 Å². The number of carbonyl (C=O) groups excluding carboxylic acids is 1. The number of benzene rings is 2. The van der Waals surface area contributed by atoms with Crippen molar-refractivity contribution in [3.63, 3.8) is 0 Å². The van der Waals surface area contributed by atoms with Gasteiger partial charge in [-0.1, -0.05) is 17.7 Å². The van der Waals surface area contributed by atoms with Crippen molar-refractivity contribution in [1.29, 1.82) is 0 Å². The SMILES string of the molecule is CC(=O)Nc1cccc(Nc2nc(C(F)(F)F)nc3ccc(C)cc23)c1. The maximum Gasteiger partial charge on any atom is 0.451 e. The summed E-state index contributed by atoms with van der Waals surface area (Å²) in [6.45, 7) is 3.20. The van der Waals surface area contributed by atoms with E-state index in [0.717, 1.165) is 5.56 Å². The first kappa shape index (κ1) is 17.7. The lowest BCUT2D eigenvalue weighted by molar-refractivity contribution is -0.144. The summed E-state index contributed by atoms with van der Waals surface area (Å²) in [5.74, 6) is -1.41. The van der Waals surface area contributed by atoms with Gasteiger partial charge in [0.15, 0.2) is 0 Å². The summed E-state index contributed by atoms with van der Waals surface area (Å²) in [5, 5.41) is 5.99. The monoisotopic (exact) mass is 360 g/mol. The Kier molecular flexibility index (Phi) is 4.50. The van der Waals surface area contributed by atoms with Gasteiger partial charge in [-0.25, -0.2) is 9.97 Å². The number of aryl methyl sites for hydroxylation is 1. The predicted octanol–water partition coefficient (Wildman–Crippen LogP) is 4.66. The topological polar surface area (TPSA) is 66.9 Å². The van der Waals surface area contributed by atoms with Crippen molar-refractivity contribution < 1.29 is 18.0 Å². The highest BCUT2D eigenvalue weighted by Gasteiger charge is 2.35. The molecule has 0 radical (unpaired) electrons. The van der Waals surface area contributed by atoms with Crippen LogP contribution in [-0.4, -0.2) is 15.9 Å². The van der Waals surface area contributed by atoms with E-state index in [9.17, 15) is 18.0 Å². The van der Waals surface area contributed by atoms with Crippen LogP contribution >= 0.6 is 0 Å². The third kappa shape index (κ3) is 3.90. The zero-order chi connectivity index (χ0) is 18.9. The molecule has 0 fully saturated rings. The smallest absolute Gasteiger partial charge is 0.340 e.